The van der Waals surface area contributed by atoms with E-state index in [1.165, 1.54) is 4.90 Å². The molecule has 1 N–H and O–H groups in total. The Bertz CT molecular complexity index is 1220. The molecule has 0 unspecified atom stereocenters. The minimum atomic E-state index is -0.395. The summed E-state index contributed by atoms with van der Waals surface area (Å²) < 4.78 is 5.72. The molecule has 0 spiro atoms. The molecule has 1 aliphatic rings. The molecule has 6 nitrogen and oxygen atoms in total. The van der Waals surface area contributed by atoms with E-state index in [0.29, 0.717) is 27.6 Å². The van der Waals surface area contributed by atoms with Crippen molar-refractivity contribution in [3.8, 4) is 5.75 Å². The summed E-state index contributed by atoms with van der Waals surface area (Å²) >= 11 is 6.18. The molecular formula is C26H24ClN3O3. The van der Waals surface area contributed by atoms with Crippen LogP contribution in [0.1, 0.15) is 30.5 Å². The highest BCUT2D eigenvalue weighted by molar-refractivity contribution is 6.36. The zero-order valence-corrected chi connectivity index (χ0v) is 19.4. The van der Waals surface area contributed by atoms with Crippen LogP contribution in [0.5, 0.6) is 5.75 Å². The Balaban J connectivity index is 1.74. The summed E-state index contributed by atoms with van der Waals surface area (Å²) in [5, 5.41) is 3.71. The van der Waals surface area contributed by atoms with Crippen LogP contribution in [-0.4, -0.2) is 27.8 Å². The normalized spacial score (nSPS) is 13.8. The van der Waals surface area contributed by atoms with Gasteiger partial charge in [0.1, 0.15) is 11.4 Å². The van der Waals surface area contributed by atoms with Crippen molar-refractivity contribution in [1.29, 1.82) is 0 Å². The predicted octanol–water partition coefficient (Wildman–Crippen LogP) is 5.22. The molecule has 168 valence electrons. The van der Waals surface area contributed by atoms with Crippen molar-refractivity contribution in [3.05, 3.63) is 94.4 Å². The fraction of sp³-hybridized carbons (Fsp3) is 0.192. The fourth-order valence-corrected chi connectivity index (χ4v) is 3.78. The van der Waals surface area contributed by atoms with Crippen molar-refractivity contribution in [2.45, 2.75) is 33.4 Å². The third-order valence-corrected chi connectivity index (χ3v) is 5.47. The molecule has 3 aromatic rings. The molecule has 33 heavy (non-hydrogen) atoms. The van der Waals surface area contributed by atoms with Gasteiger partial charge in [0.25, 0.3) is 11.8 Å². The first kappa shape index (κ1) is 22.6. The van der Waals surface area contributed by atoms with E-state index >= 15 is 0 Å². The molecule has 2 aromatic carbocycles. The number of aryl methyl sites for hydroxylation is 1. The van der Waals surface area contributed by atoms with Gasteiger partial charge in [-0.05, 0) is 73.9 Å². The second-order valence-electron chi connectivity index (χ2n) is 8.08. The van der Waals surface area contributed by atoms with Crippen LogP contribution in [-0.2, 0) is 16.1 Å². The van der Waals surface area contributed by atoms with Gasteiger partial charge in [-0.25, -0.2) is 0 Å². The van der Waals surface area contributed by atoms with Gasteiger partial charge in [-0.1, -0.05) is 29.8 Å². The maximum Gasteiger partial charge on any atom is 0.278 e. The number of hydrogen-bond acceptors (Lipinski definition) is 5. The van der Waals surface area contributed by atoms with Crippen molar-refractivity contribution in [2.24, 2.45) is 0 Å². The first-order valence-corrected chi connectivity index (χ1v) is 11.0. The molecule has 0 atom stereocenters. The minimum absolute atomic E-state index is 0.0311. The predicted molar refractivity (Wildman–Crippen MR) is 129 cm³/mol. The number of ether oxygens (including phenoxy) is 1. The van der Waals surface area contributed by atoms with Crippen LogP contribution in [0.3, 0.4) is 0 Å². The van der Waals surface area contributed by atoms with E-state index < -0.39 is 5.91 Å². The van der Waals surface area contributed by atoms with Crippen LogP contribution in [0.25, 0.3) is 5.57 Å². The third-order valence-electron chi connectivity index (χ3n) is 5.23. The molecule has 1 aliphatic heterocycles. The maximum atomic E-state index is 13.5. The topological polar surface area (TPSA) is 71.5 Å². The van der Waals surface area contributed by atoms with Crippen molar-refractivity contribution in [3.63, 3.8) is 0 Å². The number of imide groups is 1. The van der Waals surface area contributed by atoms with Gasteiger partial charge in [0.2, 0.25) is 0 Å². The molecule has 0 fully saturated rings. The second-order valence-corrected chi connectivity index (χ2v) is 8.51. The van der Waals surface area contributed by atoms with Gasteiger partial charge in [-0.15, -0.1) is 0 Å². The van der Waals surface area contributed by atoms with Gasteiger partial charge in [0.15, 0.2) is 0 Å². The summed E-state index contributed by atoms with van der Waals surface area (Å²) in [5.41, 5.74) is 3.54. The SMILES string of the molecule is Cc1ccc(Cl)cc1NC1=C(c2ccc(OC(C)C)cc2)C(=O)N(Cc2ccncc2)C1=O. The summed E-state index contributed by atoms with van der Waals surface area (Å²) in [7, 11) is 0. The Morgan fingerprint density at radius 2 is 1.70 bits per heavy atom. The highest BCUT2D eigenvalue weighted by atomic mass is 35.5. The van der Waals surface area contributed by atoms with E-state index in [9.17, 15) is 9.59 Å². The Hall–Kier alpha value is -3.64. The van der Waals surface area contributed by atoms with Crippen LogP contribution in [0, 0.1) is 6.92 Å². The fourth-order valence-electron chi connectivity index (χ4n) is 3.61. The van der Waals surface area contributed by atoms with Crippen LogP contribution in [0.15, 0.2) is 72.7 Å². The Morgan fingerprint density at radius 1 is 1.00 bits per heavy atom. The summed E-state index contributed by atoms with van der Waals surface area (Å²) in [6.07, 6.45) is 3.30. The van der Waals surface area contributed by atoms with Gasteiger partial charge < -0.3 is 10.1 Å². The lowest BCUT2D eigenvalue weighted by Crippen LogP contribution is -2.32. The Morgan fingerprint density at radius 3 is 2.36 bits per heavy atom. The molecule has 0 aliphatic carbocycles. The van der Waals surface area contributed by atoms with E-state index in [-0.39, 0.29) is 24.3 Å². The summed E-state index contributed by atoms with van der Waals surface area (Å²) in [5.74, 6) is -0.0647. The summed E-state index contributed by atoms with van der Waals surface area (Å²) in [4.78, 5) is 32.1. The summed E-state index contributed by atoms with van der Waals surface area (Å²) in [6, 6.07) is 16.1. The standard InChI is InChI=1S/C26H24ClN3O3/c1-16(2)33-21-8-5-19(6-9-21)23-24(29-22-14-20(27)7-4-17(22)3)26(32)30(25(23)31)15-18-10-12-28-13-11-18/h4-14,16,29H,15H2,1-3H3. The number of amides is 2. The molecule has 0 saturated heterocycles. The summed E-state index contributed by atoms with van der Waals surface area (Å²) in [6.45, 7) is 5.95. The van der Waals surface area contributed by atoms with Crippen molar-refractivity contribution >= 4 is 34.7 Å². The highest BCUT2D eigenvalue weighted by Gasteiger charge is 2.39. The van der Waals surface area contributed by atoms with Crippen molar-refractivity contribution < 1.29 is 14.3 Å². The minimum Gasteiger partial charge on any atom is -0.491 e. The number of rotatable bonds is 7. The molecule has 0 radical (unpaired) electrons. The van der Waals surface area contributed by atoms with Crippen LogP contribution < -0.4 is 10.1 Å². The average Bonchev–Trinajstić information content (AvgIpc) is 3.01. The van der Waals surface area contributed by atoms with Gasteiger partial charge >= 0.3 is 0 Å². The van der Waals surface area contributed by atoms with Gasteiger partial charge in [0.05, 0.1) is 18.2 Å². The molecule has 0 bridgehead atoms. The lowest BCUT2D eigenvalue weighted by atomic mass is 10.0. The number of hydrogen-bond donors (Lipinski definition) is 1. The van der Waals surface area contributed by atoms with Crippen LogP contribution >= 0.6 is 11.6 Å². The largest absolute Gasteiger partial charge is 0.491 e. The van der Waals surface area contributed by atoms with E-state index in [2.05, 4.69) is 10.3 Å². The molecular weight excluding hydrogens is 438 g/mol. The lowest BCUT2D eigenvalue weighted by Gasteiger charge is -2.15. The van der Waals surface area contributed by atoms with Crippen LogP contribution in [0.4, 0.5) is 5.69 Å². The zero-order chi connectivity index (χ0) is 23.5. The number of anilines is 1. The first-order valence-electron chi connectivity index (χ1n) is 10.6. The highest BCUT2D eigenvalue weighted by Crippen LogP contribution is 2.33. The second kappa shape index (κ2) is 9.46. The number of nitrogens with one attached hydrogen (secondary N) is 1. The van der Waals surface area contributed by atoms with E-state index in [1.807, 2.05) is 26.8 Å². The molecule has 2 amide bonds. The molecule has 2 heterocycles. The zero-order valence-electron chi connectivity index (χ0n) is 18.6. The van der Waals surface area contributed by atoms with E-state index in [4.69, 9.17) is 16.3 Å². The number of nitrogens with zero attached hydrogens (tertiary/aromatic N) is 2. The molecule has 1 aromatic heterocycles. The number of pyridine rings is 1. The lowest BCUT2D eigenvalue weighted by molar-refractivity contribution is -0.137. The van der Waals surface area contributed by atoms with E-state index in [0.717, 1.165) is 11.1 Å². The monoisotopic (exact) mass is 461 g/mol. The molecule has 4 rings (SSSR count). The number of aromatic nitrogens is 1. The number of carbonyl (C=O) groups excluding carboxylic acids is 2. The number of halogens is 1. The van der Waals surface area contributed by atoms with Gasteiger partial charge in [-0.2, -0.15) is 0 Å². The van der Waals surface area contributed by atoms with Gasteiger partial charge in [-0.3, -0.25) is 19.5 Å². The quantitative estimate of drug-likeness (QED) is 0.488. The number of carbonyl (C=O) groups is 2. The van der Waals surface area contributed by atoms with Gasteiger partial charge in [0, 0.05) is 23.1 Å². The number of benzene rings is 2. The maximum absolute atomic E-state index is 13.5. The smallest absolute Gasteiger partial charge is 0.278 e. The average molecular weight is 462 g/mol. The molecule has 7 heteroatoms. The van der Waals surface area contributed by atoms with Crippen molar-refractivity contribution in [2.75, 3.05) is 5.32 Å². The first-order chi connectivity index (χ1) is 15.8. The van der Waals surface area contributed by atoms with Crippen molar-refractivity contribution in [1.82, 2.24) is 9.88 Å². The van der Waals surface area contributed by atoms with Crippen LogP contribution in [0.2, 0.25) is 5.02 Å². The Labute approximate surface area is 197 Å². The molecule has 0 saturated carbocycles. The Kier molecular flexibility index (Phi) is 6.47. The van der Waals surface area contributed by atoms with E-state index in [1.54, 1.807) is 60.9 Å². The third kappa shape index (κ3) is 4.91.